The first-order chi connectivity index (χ1) is 29.8. The molecule has 0 bridgehead atoms. The topological polar surface area (TPSA) is 51.4 Å². The molecule has 14 rings (SSSR count). The summed E-state index contributed by atoms with van der Waals surface area (Å²) in [5, 5.41) is 12.3. The SMILES string of the molecule is c1ccc(-c2nc(-c3ccc(-n4c5cc6c(c7ccc8cc9c%10ccccc%10[nH]c9c4c8c75)c4ccccc4n6-c4ccccc4)cc3)nc3sc4ccccc4c23)cc1. The highest BCUT2D eigenvalue weighted by Crippen LogP contribution is 2.48. The number of rotatable bonds is 4. The van der Waals surface area contributed by atoms with Crippen molar-refractivity contribution in [1.82, 2.24) is 24.1 Å². The highest BCUT2D eigenvalue weighted by Gasteiger charge is 2.25. The average molecular weight is 782 g/mol. The molecule has 0 aliphatic heterocycles. The molecule has 0 aliphatic carbocycles. The third-order valence-corrected chi connectivity index (χ3v) is 13.7. The average Bonchev–Trinajstić information content (AvgIpc) is 4.06. The standard InChI is InChI=1S/C54H31N5S/c1-3-13-31(14-4-1)50-49-38-19-9-12-22-45(38)60-54(49)57-53(56-50)32-23-26-35(27-24-32)59-44-30-43-47(37-18-8-11-21-42(37)58(43)34-15-5-2-6-16-34)39-28-25-33-29-40-36-17-7-10-20-41(36)55-51(40)52(59)46(33)48(39)44/h1-30,55H. The summed E-state index contributed by atoms with van der Waals surface area (Å²) in [4.78, 5) is 15.4. The number of aromatic amines is 1. The molecule has 1 N–H and O–H groups in total. The summed E-state index contributed by atoms with van der Waals surface area (Å²) in [6, 6.07) is 65.7. The number of thiophene rings is 1. The predicted molar refractivity (Wildman–Crippen MR) is 253 cm³/mol. The fourth-order valence-corrected chi connectivity index (χ4v) is 11.2. The number of nitrogens with zero attached hydrogens (tertiary/aromatic N) is 4. The molecule has 278 valence electrons. The van der Waals surface area contributed by atoms with E-state index < -0.39 is 0 Å². The highest BCUT2D eigenvalue weighted by molar-refractivity contribution is 7.25. The summed E-state index contributed by atoms with van der Waals surface area (Å²) in [5.41, 5.74) is 12.3. The first kappa shape index (κ1) is 32.2. The molecule has 0 atom stereocenters. The lowest BCUT2D eigenvalue weighted by Gasteiger charge is -2.12. The minimum Gasteiger partial charge on any atom is -0.353 e. The van der Waals surface area contributed by atoms with Crippen molar-refractivity contribution in [3.8, 4) is 34.0 Å². The van der Waals surface area contributed by atoms with Crippen molar-refractivity contribution < 1.29 is 0 Å². The number of fused-ring (bicyclic) bond motifs is 11. The Bertz CT molecular complexity index is 4040. The highest BCUT2D eigenvalue weighted by atomic mass is 32.1. The Morgan fingerprint density at radius 3 is 1.98 bits per heavy atom. The van der Waals surface area contributed by atoms with Crippen molar-refractivity contribution in [3.63, 3.8) is 0 Å². The van der Waals surface area contributed by atoms with Gasteiger partial charge in [0, 0.05) is 75.8 Å². The molecule has 0 saturated heterocycles. The Morgan fingerprint density at radius 1 is 0.433 bits per heavy atom. The van der Waals surface area contributed by atoms with Gasteiger partial charge in [-0.3, -0.25) is 0 Å². The van der Waals surface area contributed by atoms with Crippen LogP contribution in [0.3, 0.4) is 0 Å². The Labute approximate surface area is 346 Å². The summed E-state index contributed by atoms with van der Waals surface area (Å²) >= 11 is 1.73. The minimum atomic E-state index is 0.723. The van der Waals surface area contributed by atoms with Crippen molar-refractivity contribution in [2.24, 2.45) is 0 Å². The molecule has 14 aromatic rings. The Balaban J connectivity index is 1.07. The zero-order valence-corrected chi connectivity index (χ0v) is 32.8. The largest absolute Gasteiger partial charge is 0.353 e. The van der Waals surface area contributed by atoms with E-state index >= 15 is 0 Å². The van der Waals surface area contributed by atoms with E-state index in [1.165, 1.54) is 75.2 Å². The lowest BCUT2D eigenvalue weighted by molar-refractivity contribution is 1.16. The zero-order valence-electron chi connectivity index (χ0n) is 32.0. The van der Waals surface area contributed by atoms with E-state index in [9.17, 15) is 0 Å². The maximum absolute atomic E-state index is 5.32. The maximum Gasteiger partial charge on any atom is 0.161 e. The van der Waals surface area contributed by atoms with Gasteiger partial charge in [-0.1, -0.05) is 115 Å². The number of benzene rings is 9. The molecule has 9 aromatic carbocycles. The molecular formula is C54H31N5S. The number of H-pyrrole nitrogens is 1. The summed E-state index contributed by atoms with van der Waals surface area (Å²) in [7, 11) is 0. The molecule has 0 aliphatic rings. The van der Waals surface area contributed by atoms with Crippen LogP contribution in [0.4, 0.5) is 0 Å². The number of hydrogen-bond donors (Lipinski definition) is 1. The van der Waals surface area contributed by atoms with E-state index in [0.717, 1.165) is 55.3 Å². The molecule has 60 heavy (non-hydrogen) atoms. The summed E-state index contributed by atoms with van der Waals surface area (Å²) < 4.78 is 6.14. The van der Waals surface area contributed by atoms with Crippen molar-refractivity contribution in [2.75, 3.05) is 0 Å². The summed E-state index contributed by atoms with van der Waals surface area (Å²) in [6.45, 7) is 0. The van der Waals surface area contributed by atoms with E-state index in [-0.39, 0.29) is 0 Å². The maximum atomic E-state index is 5.32. The van der Waals surface area contributed by atoms with Gasteiger partial charge in [0.2, 0.25) is 0 Å². The van der Waals surface area contributed by atoms with Gasteiger partial charge in [-0.15, -0.1) is 11.3 Å². The molecule has 0 spiro atoms. The molecule has 0 saturated carbocycles. The van der Waals surface area contributed by atoms with E-state index in [1.54, 1.807) is 11.3 Å². The minimum absolute atomic E-state index is 0.723. The molecule has 0 unspecified atom stereocenters. The van der Waals surface area contributed by atoms with Crippen molar-refractivity contribution in [1.29, 1.82) is 0 Å². The molecule has 5 heterocycles. The fraction of sp³-hybridized carbons (Fsp3) is 0. The van der Waals surface area contributed by atoms with Crippen LogP contribution in [0.15, 0.2) is 182 Å². The first-order valence-corrected chi connectivity index (χ1v) is 21.2. The van der Waals surface area contributed by atoms with Gasteiger partial charge in [0.1, 0.15) is 4.83 Å². The molecule has 5 aromatic heterocycles. The summed E-state index contributed by atoms with van der Waals surface area (Å²) in [6.07, 6.45) is 0. The van der Waals surface area contributed by atoms with Gasteiger partial charge in [0.05, 0.1) is 33.3 Å². The number of aromatic nitrogens is 5. The van der Waals surface area contributed by atoms with Crippen LogP contribution in [0.2, 0.25) is 0 Å². The van der Waals surface area contributed by atoms with Gasteiger partial charge in [-0.25, -0.2) is 9.97 Å². The first-order valence-electron chi connectivity index (χ1n) is 20.3. The zero-order chi connectivity index (χ0) is 39.1. The molecule has 5 nitrogen and oxygen atoms in total. The van der Waals surface area contributed by atoms with E-state index in [1.807, 2.05) is 0 Å². The van der Waals surface area contributed by atoms with Crippen LogP contribution < -0.4 is 0 Å². The number of nitrogens with one attached hydrogen (secondary N) is 1. The normalized spacial score (nSPS) is 12.3. The van der Waals surface area contributed by atoms with Crippen molar-refractivity contribution >= 4 is 108 Å². The van der Waals surface area contributed by atoms with Crippen LogP contribution >= 0.6 is 11.3 Å². The van der Waals surface area contributed by atoms with Gasteiger partial charge in [0.15, 0.2) is 5.82 Å². The van der Waals surface area contributed by atoms with Crippen LogP contribution in [0, 0.1) is 0 Å². The van der Waals surface area contributed by atoms with Crippen LogP contribution in [0.5, 0.6) is 0 Å². The number of hydrogen-bond acceptors (Lipinski definition) is 3. The predicted octanol–water partition coefficient (Wildman–Crippen LogP) is 14.6. The Kier molecular flexibility index (Phi) is 6.38. The number of para-hydroxylation sites is 3. The van der Waals surface area contributed by atoms with Crippen LogP contribution in [-0.4, -0.2) is 24.1 Å². The van der Waals surface area contributed by atoms with Crippen molar-refractivity contribution in [2.45, 2.75) is 0 Å². The van der Waals surface area contributed by atoms with Gasteiger partial charge in [-0.2, -0.15) is 0 Å². The molecular weight excluding hydrogens is 751 g/mol. The van der Waals surface area contributed by atoms with Crippen molar-refractivity contribution in [3.05, 3.63) is 182 Å². The van der Waals surface area contributed by atoms with Gasteiger partial charge < -0.3 is 14.1 Å². The second-order valence-corrected chi connectivity index (χ2v) is 16.8. The van der Waals surface area contributed by atoms with E-state index in [4.69, 9.17) is 9.97 Å². The summed E-state index contributed by atoms with van der Waals surface area (Å²) in [5.74, 6) is 0.723. The second-order valence-electron chi connectivity index (χ2n) is 15.8. The van der Waals surface area contributed by atoms with Crippen LogP contribution in [0.25, 0.3) is 131 Å². The fourth-order valence-electron chi connectivity index (χ4n) is 10.1. The lowest BCUT2D eigenvalue weighted by atomic mass is 9.97. The monoisotopic (exact) mass is 781 g/mol. The van der Waals surface area contributed by atoms with Gasteiger partial charge >= 0.3 is 0 Å². The van der Waals surface area contributed by atoms with E-state index in [0.29, 0.717) is 0 Å². The lowest BCUT2D eigenvalue weighted by Crippen LogP contribution is -1.97. The third kappa shape index (κ3) is 4.30. The van der Waals surface area contributed by atoms with Gasteiger partial charge in [0.25, 0.3) is 0 Å². The molecule has 6 heteroatoms. The van der Waals surface area contributed by atoms with Crippen LogP contribution in [0.1, 0.15) is 0 Å². The molecule has 0 radical (unpaired) electrons. The molecule has 0 amide bonds. The third-order valence-electron chi connectivity index (χ3n) is 12.6. The quantitative estimate of drug-likeness (QED) is 0.181. The molecule has 0 fully saturated rings. The Hall–Kier alpha value is -7.80. The second kappa shape index (κ2) is 11.9. The smallest absolute Gasteiger partial charge is 0.161 e. The van der Waals surface area contributed by atoms with Crippen LogP contribution in [-0.2, 0) is 0 Å². The van der Waals surface area contributed by atoms with Gasteiger partial charge in [-0.05, 0) is 77.5 Å². The Morgan fingerprint density at radius 2 is 1.13 bits per heavy atom. The van der Waals surface area contributed by atoms with E-state index in [2.05, 4.69) is 196 Å².